The Hall–Kier alpha value is -1.64. The standard InChI is InChI=1S/C14H17FO2/c1-14(2,3)13(16)8-6-10-5-7-12(17-4)11(15)9-10/h5-9H,1-4H3/b8-6+. The molecule has 1 rings (SSSR count). The number of carbonyl (C=O) groups is 1. The third kappa shape index (κ3) is 3.70. The molecule has 0 aliphatic carbocycles. The molecule has 1 aromatic rings. The van der Waals surface area contributed by atoms with E-state index in [1.807, 2.05) is 20.8 Å². The molecule has 0 aliphatic heterocycles. The van der Waals surface area contributed by atoms with E-state index in [1.165, 1.54) is 25.3 Å². The molecule has 0 spiro atoms. The van der Waals surface area contributed by atoms with E-state index >= 15 is 0 Å². The summed E-state index contributed by atoms with van der Waals surface area (Å²) in [5.41, 5.74) is 0.225. The van der Waals surface area contributed by atoms with Crippen molar-refractivity contribution in [1.29, 1.82) is 0 Å². The zero-order valence-corrected chi connectivity index (χ0v) is 10.6. The van der Waals surface area contributed by atoms with Crippen LogP contribution >= 0.6 is 0 Å². The minimum atomic E-state index is -0.433. The first kappa shape index (κ1) is 13.4. The van der Waals surface area contributed by atoms with E-state index in [2.05, 4.69) is 0 Å². The van der Waals surface area contributed by atoms with E-state index in [9.17, 15) is 9.18 Å². The highest BCUT2D eigenvalue weighted by Crippen LogP contribution is 2.20. The smallest absolute Gasteiger partial charge is 0.165 e. The monoisotopic (exact) mass is 236 g/mol. The van der Waals surface area contributed by atoms with Gasteiger partial charge in [-0.25, -0.2) is 4.39 Å². The van der Waals surface area contributed by atoms with Gasteiger partial charge in [-0.15, -0.1) is 0 Å². The molecule has 0 N–H and O–H groups in total. The molecule has 0 bridgehead atoms. The van der Waals surface area contributed by atoms with E-state index in [0.717, 1.165) is 0 Å². The van der Waals surface area contributed by atoms with Crippen LogP contribution in [0.5, 0.6) is 5.75 Å². The molecule has 0 aromatic heterocycles. The number of benzene rings is 1. The average molecular weight is 236 g/mol. The van der Waals surface area contributed by atoms with E-state index in [4.69, 9.17) is 4.74 Å². The molecule has 0 saturated carbocycles. The Labute approximate surface area is 101 Å². The number of hydrogen-bond donors (Lipinski definition) is 0. The lowest BCUT2D eigenvalue weighted by atomic mass is 9.90. The average Bonchev–Trinajstić information content (AvgIpc) is 2.24. The quantitative estimate of drug-likeness (QED) is 0.751. The zero-order valence-electron chi connectivity index (χ0n) is 10.6. The zero-order chi connectivity index (χ0) is 13.1. The van der Waals surface area contributed by atoms with Gasteiger partial charge in [-0.3, -0.25) is 4.79 Å². The van der Waals surface area contributed by atoms with Gasteiger partial charge in [0.05, 0.1) is 7.11 Å². The minimum absolute atomic E-state index is 0.00808. The Morgan fingerprint density at radius 2 is 2.00 bits per heavy atom. The van der Waals surface area contributed by atoms with Crippen LogP contribution in [0.1, 0.15) is 26.3 Å². The van der Waals surface area contributed by atoms with Gasteiger partial charge in [0.15, 0.2) is 17.3 Å². The Balaban J connectivity index is 2.86. The van der Waals surface area contributed by atoms with Crippen LogP contribution in [0, 0.1) is 11.2 Å². The van der Waals surface area contributed by atoms with Crippen molar-refractivity contribution < 1.29 is 13.9 Å². The third-order valence-electron chi connectivity index (χ3n) is 2.34. The van der Waals surface area contributed by atoms with Crippen molar-refractivity contribution in [3.63, 3.8) is 0 Å². The van der Waals surface area contributed by atoms with Gasteiger partial charge >= 0.3 is 0 Å². The molecule has 3 heteroatoms. The van der Waals surface area contributed by atoms with Gasteiger partial charge in [0.2, 0.25) is 0 Å². The largest absolute Gasteiger partial charge is 0.494 e. The van der Waals surface area contributed by atoms with Crippen LogP contribution < -0.4 is 4.74 Å². The summed E-state index contributed by atoms with van der Waals surface area (Å²) in [5.74, 6) is -0.226. The van der Waals surface area contributed by atoms with Gasteiger partial charge < -0.3 is 4.74 Å². The SMILES string of the molecule is COc1ccc(/C=C/C(=O)C(C)(C)C)cc1F. The molecule has 0 unspecified atom stereocenters. The van der Waals surface area contributed by atoms with Crippen molar-refractivity contribution in [2.45, 2.75) is 20.8 Å². The van der Waals surface area contributed by atoms with Crippen molar-refractivity contribution in [2.75, 3.05) is 7.11 Å². The number of allylic oxidation sites excluding steroid dienone is 1. The van der Waals surface area contributed by atoms with Crippen LogP contribution in [-0.2, 0) is 4.79 Å². The normalized spacial score (nSPS) is 11.8. The maximum Gasteiger partial charge on any atom is 0.165 e. The van der Waals surface area contributed by atoms with Crippen LogP contribution in [0.3, 0.4) is 0 Å². The molecular formula is C14H17FO2. The molecule has 0 saturated heterocycles. The van der Waals surface area contributed by atoms with Crippen LogP contribution in [-0.4, -0.2) is 12.9 Å². The number of hydrogen-bond acceptors (Lipinski definition) is 2. The van der Waals surface area contributed by atoms with Crippen LogP contribution in [0.4, 0.5) is 4.39 Å². The number of methoxy groups -OCH3 is 1. The van der Waals surface area contributed by atoms with Gasteiger partial charge in [-0.1, -0.05) is 32.9 Å². The number of halogens is 1. The second kappa shape index (κ2) is 5.13. The first-order valence-corrected chi connectivity index (χ1v) is 5.40. The highest BCUT2D eigenvalue weighted by molar-refractivity contribution is 5.97. The molecule has 0 radical (unpaired) electrons. The van der Waals surface area contributed by atoms with Gasteiger partial charge in [-0.2, -0.15) is 0 Å². The Bertz CT molecular complexity index is 442. The minimum Gasteiger partial charge on any atom is -0.494 e. The fourth-order valence-electron chi connectivity index (χ4n) is 1.21. The lowest BCUT2D eigenvalue weighted by Crippen LogP contribution is -2.17. The predicted octanol–water partition coefficient (Wildman–Crippen LogP) is 3.46. The topological polar surface area (TPSA) is 26.3 Å². The van der Waals surface area contributed by atoms with Crippen molar-refractivity contribution in [3.8, 4) is 5.75 Å². The van der Waals surface area contributed by atoms with Crippen molar-refractivity contribution >= 4 is 11.9 Å². The van der Waals surface area contributed by atoms with E-state index < -0.39 is 11.2 Å². The second-order valence-corrected chi connectivity index (χ2v) is 4.84. The van der Waals surface area contributed by atoms with Crippen molar-refractivity contribution in [2.24, 2.45) is 5.41 Å². The molecule has 2 nitrogen and oxygen atoms in total. The Morgan fingerprint density at radius 1 is 1.35 bits per heavy atom. The van der Waals surface area contributed by atoms with Crippen LogP contribution in [0.2, 0.25) is 0 Å². The lowest BCUT2D eigenvalue weighted by molar-refractivity contribution is -0.121. The Kier molecular flexibility index (Phi) is 4.05. The van der Waals surface area contributed by atoms with Crippen molar-refractivity contribution in [1.82, 2.24) is 0 Å². The number of ether oxygens (including phenoxy) is 1. The maximum atomic E-state index is 13.4. The van der Waals surface area contributed by atoms with Gasteiger partial charge in [0, 0.05) is 5.41 Å². The second-order valence-electron chi connectivity index (χ2n) is 4.84. The fourth-order valence-corrected chi connectivity index (χ4v) is 1.21. The van der Waals surface area contributed by atoms with Gasteiger partial charge in [0.1, 0.15) is 0 Å². The van der Waals surface area contributed by atoms with Crippen LogP contribution in [0.25, 0.3) is 6.08 Å². The number of ketones is 1. The summed E-state index contributed by atoms with van der Waals surface area (Å²) in [6.45, 7) is 5.52. The first-order chi connectivity index (χ1) is 7.84. The predicted molar refractivity (Wildman–Crippen MR) is 66.4 cm³/mol. The van der Waals surface area contributed by atoms with Gasteiger partial charge in [0.25, 0.3) is 0 Å². The lowest BCUT2D eigenvalue weighted by Gasteiger charge is -2.12. The Morgan fingerprint density at radius 3 is 2.47 bits per heavy atom. The molecule has 0 aliphatic rings. The number of rotatable bonds is 3. The van der Waals surface area contributed by atoms with E-state index in [1.54, 1.807) is 12.1 Å². The highest BCUT2D eigenvalue weighted by atomic mass is 19.1. The fraction of sp³-hybridized carbons (Fsp3) is 0.357. The highest BCUT2D eigenvalue weighted by Gasteiger charge is 2.17. The first-order valence-electron chi connectivity index (χ1n) is 5.40. The summed E-state index contributed by atoms with van der Waals surface area (Å²) in [4.78, 5) is 11.6. The summed E-state index contributed by atoms with van der Waals surface area (Å²) in [5, 5.41) is 0. The van der Waals surface area contributed by atoms with Crippen molar-refractivity contribution in [3.05, 3.63) is 35.7 Å². The molecular weight excluding hydrogens is 219 g/mol. The number of carbonyl (C=O) groups excluding carboxylic acids is 1. The van der Waals surface area contributed by atoms with E-state index in [-0.39, 0.29) is 11.5 Å². The molecule has 0 fully saturated rings. The molecule has 0 atom stereocenters. The summed E-state index contributed by atoms with van der Waals surface area (Å²) >= 11 is 0. The summed E-state index contributed by atoms with van der Waals surface area (Å²) in [7, 11) is 1.41. The molecule has 1 aromatic carbocycles. The molecule has 0 amide bonds. The summed E-state index contributed by atoms with van der Waals surface area (Å²) < 4.78 is 18.2. The van der Waals surface area contributed by atoms with E-state index in [0.29, 0.717) is 5.56 Å². The third-order valence-corrected chi connectivity index (χ3v) is 2.34. The molecule has 17 heavy (non-hydrogen) atoms. The molecule has 92 valence electrons. The van der Waals surface area contributed by atoms with Crippen LogP contribution in [0.15, 0.2) is 24.3 Å². The van der Waals surface area contributed by atoms with Gasteiger partial charge in [-0.05, 0) is 23.8 Å². The summed E-state index contributed by atoms with van der Waals surface area (Å²) in [6.07, 6.45) is 3.08. The molecule has 0 heterocycles. The summed E-state index contributed by atoms with van der Waals surface area (Å²) in [6, 6.07) is 4.58. The maximum absolute atomic E-state index is 13.4.